The predicted octanol–water partition coefficient (Wildman–Crippen LogP) is -3.33. The third kappa shape index (κ3) is 2.99. The fourth-order valence-corrected chi connectivity index (χ4v) is 0.331. The average Bonchev–Trinajstić information content (AvgIpc) is 1.62. The van der Waals surface area contributed by atoms with Gasteiger partial charge in [0.15, 0.2) is 0 Å². The van der Waals surface area contributed by atoms with Gasteiger partial charge in [0.2, 0.25) is 0 Å². The van der Waals surface area contributed by atoms with Crippen molar-refractivity contribution in [2.45, 2.75) is 5.25 Å². The normalized spacial score (nSPS) is 11.9. The van der Waals surface area contributed by atoms with E-state index < -0.39 is 21.3 Å². The van der Waals surface area contributed by atoms with Gasteiger partial charge in [0.25, 0.3) is 0 Å². The zero-order valence-electron chi connectivity index (χ0n) is 6.28. The second-order valence-corrected chi connectivity index (χ2v) is 2.76. The van der Waals surface area contributed by atoms with Crippen molar-refractivity contribution in [1.82, 2.24) is 0 Å². The van der Waals surface area contributed by atoms with Crippen molar-refractivity contribution >= 4 is 16.1 Å². The Hall–Kier alpha value is 0.240. The molecule has 11 heavy (non-hydrogen) atoms. The number of carbonyl (C=O) groups is 1. The molecule has 0 atom stereocenters. The van der Waals surface area contributed by atoms with Crippen LogP contribution < -0.4 is 29.6 Å². The van der Waals surface area contributed by atoms with Crippen LogP contribution in [-0.4, -0.2) is 29.3 Å². The minimum absolute atomic E-state index is 0. The molecule has 0 heterocycles. The van der Waals surface area contributed by atoms with Gasteiger partial charge >= 0.3 is 50.9 Å². The van der Waals surface area contributed by atoms with Crippen LogP contribution in [0.4, 0.5) is 8.78 Å². The van der Waals surface area contributed by atoms with Crippen molar-refractivity contribution in [2.24, 2.45) is 0 Å². The van der Waals surface area contributed by atoms with Crippen LogP contribution in [0.3, 0.4) is 0 Å². The zero-order valence-corrected chi connectivity index (χ0v) is 8.10. The third-order valence-corrected chi connectivity index (χ3v) is 1.40. The Morgan fingerprint density at radius 2 is 1.73 bits per heavy atom. The summed E-state index contributed by atoms with van der Waals surface area (Å²) in [5, 5.41) is 2.37. The molecule has 0 aromatic carbocycles. The Morgan fingerprint density at radius 1 is 1.45 bits per heavy atom. The first kappa shape index (κ1) is 13.8. The van der Waals surface area contributed by atoms with Gasteiger partial charge < -0.3 is 6.53 Å². The van der Waals surface area contributed by atoms with Gasteiger partial charge in [-0.1, -0.05) is 0 Å². The summed E-state index contributed by atoms with van der Waals surface area (Å²) in [5.41, 5.74) is 0. The molecule has 0 bridgehead atoms. The van der Waals surface area contributed by atoms with E-state index in [-0.39, 0.29) is 31.0 Å². The van der Waals surface area contributed by atoms with Crippen molar-refractivity contribution in [3.63, 3.8) is 0 Å². The molecule has 0 aliphatic rings. The molecule has 0 amide bonds. The van der Waals surface area contributed by atoms with E-state index in [0.29, 0.717) is 0 Å². The molecule has 0 rings (SSSR count). The molecule has 0 aromatic heterocycles. The van der Waals surface area contributed by atoms with E-state index in [1.54, 1.807) is 0 Å². The second kappa shape index (κ2) is 3.76. The first-order valence-corrected chi connectivity index (χ1v) is 3.22. The second-order valence-electron chi connectivity index (χ2n) is 1.30. The number of rotatable bonds is 2. The van der Waals surface area contributed by atoms with E-state index in [1.165, 1.54) is 0 Å². The quantitative estimate of drug-likeness (QED) is 0.359. The van der Waals surface area contributed by atoms with Gasteiger partial charge in [-0.05, 0) is 0 Å². The fourth-order valence-electron chi connectivity index (χ4n) is 0.110. The Morgan fingerprint density at radius 3 is 1.73 bits per heavy atom. The number of halogens is 2. The van der Waals surface area contributed by atoms with Crippen LogP contribution >= 0.6 is 0 Å². The van der Waals surface area contributed by atoms with E-state index in [1.807, 2.05) is 0 Å². The molecule has 0 aliphatic heterocycles. The summed E-state index contributed by atoms with van der Waals surface area (Å²) in [5.74, 6) is -2.91. The van der Waals surface area contributed by atoms with Crippen LogP contribution in [0, 0.1) is 0 Å². The molecule has 0 aliphatic carbocycles. The average molecular weight is 200 g/mol. The molecule has 5 nitrogen and oxygen atoms in total. The van der Waals surface area contributed by atoms with Crippen LogP contribution in [0.5, 0.6) is 0 Å². The van der Waals surface area contributed by atoms with E-state index in [4.69, 9.17) is 9.66 Å². The van der Waals surface area contributed by atoms with Crippen molar-refractivity contribution in [2.75, 3.05) is 0 Å². The largest absolute Gasteiger partial charge is 1.00 e. The van der Waals surface area contributed by atoms with E-state index in [9.17, 15) is 22.0 Å². The van der Waals surface area contributed by atoms with Crippen LogP contribution in [0.1, 0.15) is 1.43 Å². The molecule has 0 spiro atoms. The summed E-state index contributed by atoms with van der Waals surface area (Å²) in [6.45, 7) is 0. The summed E-state index contributed by atoms with van der Waals surface area (Å²) in [6.07, 6.45) is 0. The first-order chi connectivity index (χ1) is 4.19. The van der Waals surface area contributed by atoms with Crippen molar-refractivity contribution in [1.29, 1.82) is 0 Å². The molecule has 0 fully saturated rings. The van der Waals surface area contributed by atoms with Gasteiger partial charge in [-0.15, -0.1) is 0 Å². The molecule has 62 valence electrons. The van der Waals surface area contributed by atoms with Crippen LogP contribution in [-0.2, 0) is 14.9 Å². The number of aliphatic carboxylic acids is 1. The minimum atomic E-state index is -5.83. The van der Waals surface area contributed by atoms with Gasteiger partial charge in [0.05, 0.1) is 0 Å². The summed E-state index contributed by atoms with van der Waals surface area (Å²) >= 11 is 0. The van der Waals surface area contributed by atoms with Crippen LogP contribution in [0.2, 0.25) is 0 Å². The van der Waals surface area contributed by atoms with Gasteiger partial charge in [0.1, 0.15) is 0 Å². The number of carboxylic acids is 1. The molecule has 0 aromatic rings. The number of carboxylic acid groups (broad SMARTS) is 1. The van der Waals surface area contributed by atoms with E-state index >= 15 is 0 Å². The van der Waals surface area contributed by atoms with E-state index in [0.717, 1.165) is 0 Å². The molecular weight excluding hydrogens is 197 g/mol. The SMILES string of the molecule is O=C(O)C(F)(F)S(=O)(=O)O.[H-].[Na+]. The number of hydrogen-bond donors (Lipinski definition) is 2. The Kier molecular flexibility index (Phi) is 4.72. The predicted molar refractivity (Wildman–Crippen MR) is 25.2 cm³/mol. The fraction of sp³-hybridized carbons (Fsp3) is 0.500. The molecule has 0 radical (unpaired) electrons. The van der Waals surface area contributed by atoms with Gasteiger partial charge in [-0.3, -0.25) is 4.55 Å². The zero-order chi connectivity index (χ0) is 8.58. The van der Waals surface area contributed by atoms with Crippen LogP contribution in [0.15, 0.2) is 0 Å². The maximum absolute atomic E-state index is 11.6. The van der Waals surface area contributed by atoms with Crippen molar-refractivity contribution in [3.05, 3.63) is 0 Å². The van der Waals surface area contributed by atoms with E-state index in [2.05, 4.69) is 0 Å². The van der Waals surface area contributed by atoms with Gasteiger partial charge in [-0.25, -0.2) is 4.79 Å². The van der Waals surface area contributed by atoms with Crippen LogP contribution in [0.25, 0.3) is 0 Å². The topological polar surface area (TPSA) is 91.7 Å². The summed E-state index contributed by atoms with van der Waals surface area (Å²) in [7, 11) is -5.83. The monoisotopic (exact) mass is 200 g/mol. The standard InChI is InChI=1S/C2H2F2O5S.Na.H/c3-2(4,1(5)6)10(7,8)9;;/h(H,5,6)(H,7,8,9);;/q;+1;-1. The number of alkyl halides is 2. The smallest absolute Gasteiger partial charge is 1.00 e. The summed E-state index contributed by atoms with van der Waals surface area (Å²) in [6, 6.07) is 0. The maximum Gasteiger partial charge on any atom is 1.00 e. The minimum Gasteiger partial charge on any atom is -1.00 e. The molecule has 9 heteroatoms. The maximum atomic E-state index is 11.6. The molecule has 0 unspecified atom stereocenters. The van der Waals surface area contributed by atoms with Crippen molar-refractivity contribution in [3.8, 4) is 0 Å². The molecule has 0 saturated heterocycles. The first-order valence-electron chi connectivity index (χ1n) is 1.78. The van der Waals surface area contributed by atoms with Gasteiger partial charge in [0, 0.05) is 0 Å². The summed E-state index contributed by atoms with van der Waals surface area (Å²) < 4.78 is 49.8. The third-order valence-electron chi connectivity index (χ3n) is 0.573. The Labute approximate surface area is 83.9 Å². The number of hydrogen-bond acceptors (Lipinski definition) is 3. The molecular formula is C2H3F2NaO5S. The Balaban J connectivity index is -0.000000405. The molecule has 0 saturated carbocycles. The van der Waals surface area contributed by atoms with Crippen molar-refractivity contribution < 1.29 is 62.6 Å². The molecule has 2 N–H and O–H groups in total. The Bertz CT molecular complexity index is 250. The van der Waals surface area contributed by atoms with Gasteiger partial charge in [-0.2, -0.15) is 17.2 Å². The summed E-state index contributed by atoms with van der Waals surface area (Å²) in [4.78, 5) is 9.38.